The standard InChI is InChI=1S/C20H29N3/c1-14-6-7-19-18(12-14)17-5-3-4-15(20(17)22-19)13-21-16-8-10-23(2)11-9-16/h6-7,12,15-16,21-22H,3-5,8-11,13H2,1-2H3. The minimum atomic E-state index is 0.658. The summed E-state index contributed by atoms with van der Waals surface area (Å²) in [6.45, 7) is 5.80. The van der Waals surface area contributed by atoms with Crippen molar-refractivity contribution < 1.29 is 0 Å². The number of benzene rings is 1. The van der Waals surface area contributed by atoms with Crippen molar-refractivity contribution in [2.75, 3.05) is 26.7 Å². The van der Waals surface area contributed by atoms with Gasteiger partial charge in [-0.25, -0.2) is 0 Å². The SMILES string of the molecule is Cc1ccc2[nH]c3c(c2c1)CCCC3CNC1CCN(C)CC1. The van der Waals surface area contributed by atoms with Gasteiger partial charge >= 0.3 is 0 Å². The molecule has 4 rings (SSSR count). The zero-order valence-corrected chi connectivity index (χ0v) is 14.5. The molecular weight excluding hydrogens is 282 g/mol. The van der Waals surface area contributed by atoms with Crippen LogP contribution in [0.3, 0.4) is 0 Å². The smallest absolute Gasteiger partial charge is 0.0459 e. The van der Waals surface area contributed by atoms with E-state index in [-0.39, 0.29) is 0 Å². The first-order valence-electron chi connectivity index (χ1n) is 9.24. The van der Waals surface area contributed by atoms with Crippen molar-refractivity contribution in [1.29, 1.82) is 0 Å². The highest BCUT2D eigenvalue weighted by molar-refractivity contribution is 5.85. The molecule has 1 aliphatic heterocycles. The highest BCUT2D eigenvalue weighted by Gasteiger charge is 2.25. The topological polar surface area (TPSA) is 31.1 Å². The van der Waals surface area contributed by atoms with E-state index in [1.807, 2.05) is 0 Å². The Bertz CT molecular complexity index is 679. The van der Waals surface area contributed by atoms with Crippen LogP contribution in [0.1, 0.15) is 48.4 Å². The number of piperidine rings is 1. The molecule has 1 aliphatic carbocycles. The van der Waals surface area contributed by atoms with Crippen molar-refractivity contribution in [3.05, 3.63) is 35.0 Å². The van der Waals surface area contributed by atoms with Gasteiger partial charge in [0.2, 0.25) is 0 Å². The Labute approximate surface area is 139 Å². The summed E-state index contributed by atoms with van der Waals surface area (Å²) in [5, 5.41) is 5.32. The lowest BCUT2D eigenvalue weighted by Gasteiger charge is -2.31. The molecule has 1 fully saturated rings. The first-order valence-corrected chi connectivity index (χ1v) is 9.24. The van der Waals surface area contributed by atoms with Crippen LogP contribution in [0, 0.1) is 6.92 Å². The molecule has 0 spiro atoms. The van der Waals surface area contributed by atoms with Crippen LogP contribution >= 0.6 is 0 Å². The van der Waals surface area contributed by atoms with E-state index in [0.29, 0.717) is 12.0 Å². The van der Waals surface area contributed by atoms with Gasteiger partial charge in [0.15, 0.2) is 0 Å². The highest BCUT2D eigenvalue weighted by atomic mass is 15.1. The number of rotatable bonds is 3. The van der Waals surface area contributed by atoms with Crippen molar-refractivity contribution in [3.8, 4) is 0 Å². The summed E-state index contributed by atoms with van der Waals surface area (Å²) in [5.74, 6) is 0.658. The number of likely N-dealkylation sites (tertiary alicyclic amines) is 1. The second kappa shape index (κ2) is 6.29. The van der Waals surface area contributed by atoms with Gasteiger partial charge in [-0.2, -0.15) is 0 Å². The summed E-state index contributed by atoms with van der Waals surface area (Å²) in [6, 6.07) is 7.54. The van der Waals surface area contributed by atoms with Crippen LogP contribution < -0.4 is 5.32 Å². The fourth-order valence-electron chi connectivity index (χ4n) is 4.40. The van der Waals surface area contributed by atoms with Gasteiger partial charge in [0.1, 0.15) is 0 Å². The minimum Gasteiger partial charge on any atom is -0.358 e. The Morgan fingerprint density at radius 1 is 1.22 bits per heavy atom. The van der Waals surface area contributed by atoms with Gasteiger partial charge in [0.25, 0.3) is 0 Å². The van der Waals surface area contributed by atoms with Crippen molar-refractivity contribution in [1.82, 2.24) is 15.2 Å². The second-order valence-corrected chi connectivity index (χ2v) is 7.64. The van der Waals surface area contributed by atoms with E-state index >= 15 is 0 Å². The molecular formula is C20H29N3. The number of hydrogen-bond donors (Lipinski definition) is 2. The molecule has 1 unspecified atom stereocenters. The molecule has 1 saturated heterocycles. The quantitative estimate of drug-likeness (QED) is 0.908. The lowest BCUT2D eigenvalue weighted by Crippen LogP contribution is -2.42. The molecule has 2 aromatic rings. The second-order valence-electron chi connectivity index (χ2n) is 7.64. The molecule has 0 amide bonds. The van der Waals surface area contributed by atoms with Crippen molar-refractivity contribution >= 4 is 10.9 Å². The molecule has 124 valence electrons. The Morgan fingerprint density at radius 2 is 2.04 bits per heavy atom. The number of aromatic amines is 1. The van der Waals surface area contributed by atoms with Crippen molar-refractivity contribution in [2.24, 2.45) is 0 Å². The van der Waals surface area contributed by atoms with E-state index in [4.69, 9.17) is 0 Å². The lowest BCUT2D eigenvalue weighted by atomic mass is 9.86. The summed E-state index contributed by atoms with van der Waals surface area (Å²) >= 11 is 0. The molecule has 1 atom stereocenters. The maximum atomic E-state index is 3.86. The van der Waals surface area contributed by atoms with E-state index in [2.05, 4.69) is 47.4 Å². The van der Waals surface area contributed by atoms with E-state index < -0.39 is 0 Å². The zero-order chi connectivity index (χ0) is 15.8. The Balaban J connectivity index is 1.50. The third kappa shape index (κ3) is 3.05. The third-order valence-corrected chi connectivity index (χ3v) is 5.85. The molecule has 3 nitrogen and oxygen atoms in total. The molecule has 23 heavy (non-hydrogen) atoms. The molecule has 0 saturated carbocycles. The number of hydrogen-bond acceptors (Lipinski definition) is 2. The minimum absolute atomic E-state index is 0.658. The normalized spacial score (nSPS) is 23.3. The van der Waals surface area contributed by atoms with Crippen molar-refractivity contribution in [2.45, 2.75) is 51.0 Å². The highest BCUT2D eigenvalue weighted by Crippen LogP contribution is 2.36. The summed E-state index contributed by atoms with van der Waals surface area (Å²) in [6.07, 6.45) is 6.47. The van der Waals surface area contributed by atoms with Crippen LogP contribution in [0.15, 0.2) is 18.2 Å². The maximum absolute atomic E-state index is 3.86. The Hall–Kier alpha value is -1.32. The molecule has 2 N–H and O–H groups in total. The molecule has 1 aromatic carbocycles. The van der Waals surface area contributed by atoms with Gasteiger partial charge < -0.3 is 15.2 Å². The number of aryl methyl sites for hydroxylation is 2. The van der Waals surface area contributed by atoms with Crippen molar-refractivity contribution in [3.63, 3.8) is 0 Å². The summed E-state index contributed by atoms with van der Waals surface area (Å²) in [4.78, 5) is 6.18. The Kier molecular flexibility index (Phi) is 4.16. The summed E-state index contributed by atoms with van der Waals surface area (Å²) < 4.78 is 0. The third-order valence-electron chi connectivity index (χ3n) is 5.85. The van der Waals surface area contributed by atoms with E-state index in [0.717, 1.165) is 6.54 Å². The van der Waals surface area contributed by atoms with E-state index in [1.54, 1.807) is 5.56 Å². The summed E-state index contributed by atoms with van der Waals surface area (Å²) in [7, 11) is 2.23. The van der Waals surface area contributed by atoms with Crippen LogP contribution in [-0.2, 0) is 6.42 Å². The number of nitrogens with zero attached hydrogens (tertiary/aromatic N) is 1. The van der Waals surface area contributed by atoms with E-state index in [9.17, 15) is 0 Å². The zero-order valence-electron chi connectivity index (χ0n) is 14.5. The fourth-order valence-corrected chi connectivity index (χ4v) is 4.40. The average molecular weight is 311 g/mol. The first kappa shape index (κ1) is 15.2. The van der Waals surface area contributed by atoms with Crippen LogP contribution in [0.5, 0.6) is 0 Å². The van der Waals surface area contributed by atoms with Crippen LogP contribution in [-0.4, -0.2) is 42.6 Å². The van der Waals surface area contributed by atoms with Gasteiger partial charge in [-0.05, 0) is 76.9 Å². The fraction of sp³-hybridized carbons (Fsp3) is 0.600. The summed E-state index contributed by atoms with van der Waals surface area (Å²) in [5.41, 5.74) is 5.79. The molecule has 2 aliphatic rings. The molecule has 3 heteroatoms. The molecule has 0 bridgehead atoms. The largest absolute Gasteiger partial charge is 0.358 e. The predicted molar refractivity (Wildman–Crippen MR) is 97.2 cm³/mol. The predicted octanol–water partition coefficient (Wildman–Crippen LogP) is 3.58. The molecule has 2 heterocycles. The van der Waals surface area contributed by atoms with Gasteiger partial charge in [-0.1, -0.05) is 11.6 Å². The number of nitrogens with one attached hydrogen (secondary N) is 2. The Morgan fingerprint density at radius 3 is 2.87 bits per heavy atom. The number of fused-ring (bicyclic) bond motifs is 3. The molecule has 0 radical (unpaired) electrons. The number of H-pyrrole nitrogens is 1. The van der Waals surface area contributed by atoms with Crippen LogP contribution in [0.4, 0.5) is 0 Å². The lowest BCUT2D eigenvalue weighted by molar-refractivity contribution is 0.232. The van der Waals surface area contributed by atoms with Gasteiger partial charge in [-0.3, -0.25) is 0 Å². The first-order chi connectivity index (χ1) is 11.2. The molecule has 1 aromatic heterocycles. The van der Waals surface area contributed by atoms with Crippen LogP contribution in [0.25, 0.3) is 10.9 Å². The monoisotopic (exact) mass is 311 g/mol. The average Bonchev–Trinajstić information content (AvgIpc) is 2.93. The maximum Gasteiger partial charge on any atom is 0.0459 e. The van der Waals surface area contributed by atoms with E-state index in [1.165, 1.54) is 67.4 Å². The van der Waals surface area contributed by atoms with Gasteiger partial charge in [0.05, 0.1) is 0 Å². The van der Waals surface area contributed by atoms with Crippen LogP contribution in [0.2, 0.25) is 0 Å². The van der Waals surface area contributed by atoms with Gasteiger partial charge in [0, 0.05) is 35.1 Å². The van der Waals surface area contributed by atoms with Gasteiger partial charge in [-0.15, -0.1) is 0 Å². The number of aromatic nitrogens is 1.